The third-order valence-electron chi connectivity index (χ3n) is 6.77. The maximum absolute atomic E-state index is 14.5. The van der Waals surface area contributed by atoms with E-state index in [-0.39, 0.29) is 23.7 Å². The lowest BCUT2D eigenvalue weighted by molar-refractivity contribution is 0.0237. The number of ether oxygens (including phenoxy) is 1. The van der Waals surface area contributed by atoms with Crippen LogP contribution in [-0.2, 0) is 4.74 Å². The fourth-order valence-corrected chi connectivity index (χ4v) is 5.01. The highest BCUT2D eigenvalue weighted by atomic mass is 19.1. The van der Waals surface area contributed by atoms with Gasteiger partial charge in [0.05, 0.1) is 28.5 Å². The van der Waals surface area contributed by atoms with Crippen molar-refractivity contribution in [3.05, 3.63) is 59.4 Å². The number of benzene rings is 1. The number of fused-ring (bicyclic) bond motifs is 2. The number of aromatic amines is 1. The van der Waals surface area contributed by atoms with Crippen LogP contribution in [0.2, 0.25) is 0 Å². The van der Waals surface area contributed by atoms with Gasteiger partial charge in [0.15, 0.2) is 11.5 Å². The largest absolute Gasteiger partial charge is 0.444 e. The van der Waals surface area contributed by atoms with E-state index in [4.69, 9.17) is 4.74 Å². The number of anilines is 2. The summed E-state index contributed by atoms with van der Waals surface area (Å²) in [5.41, 5.74) is 3.77. The standard InChI is InChI=1S/C28H33FN6O3/c1-16-11-21-23(34-10-9-19(15-34)33(6)27(37)38-28(3,4)5)8-7-20(24(21)30-16)26(36)32-18-12-22(29)25-31-17(2)13-35(25)14-18/h7-8,11-14,19,30H,9-10,15H2,1-6H3,(H,32,36)/t19-/m1/s1. The smallest absolute Gasteiger partial charge is 0.410 e. The first kappa shape index (κ1) is 25.6. The number of H-pyrrole nitrogens is 1. The highest BCUT2D eigenvalue weighted by Crippen LogP contribution is 2.33. The fraction of sp³-hybridized carbons (Fsp3) is 0.393. The van der Waals surface area contributed by atoms with Crippen molar-refractivity contribution in [1.82, 2.24) is 19.3 Å². The van der Waals surface area contributed by atoms with E-state index in [2.05, 4.69) is 20.2 Å². The molecule has 1 saturated heterocycles. The summed E-state index contributed by atoms with van der Waals surface area (Å²) < 4.78 is 21.6. The second-order valence-corrected chi connectivity index (χ2v) is 11.0. The van der Waals surface area contributed by atoms with Crippen LogP contribution in [0.1, 0.15) is 48.9 Å². The van der Waals surface area contributed by atoms with Gasteiger partial charge in [-0.1, -0.05) is 0 Å². The summed E-state index contributed by atoms with van der Waals surface area (Å²) in [5.74, 6) is -0.852. The second-order valence-electron chi connectivity index (χ2n) is 11.0. The quantitative estimate of drug-likeness (QED) is 0.382. The predicted octanol–water partition coefficient (Wildman–Crippen LogP) is 5.27. The number of nitrogens with one attached hydrogen (secondary N) is 2. The number of rotatable bonds is 4. The third-order valence-corrected chi connectivity index (χ3v) is 6.77. The van der Waals surface area contributed by atoms with Gasteiger partial charge in [-0.15, -0.1) is 0 Å². The van der Waals surface area contributed by atoms with Crippen LogP contribution in [-0.4, -0.2) is 63.0 Å². The van der Waals surface area contributed by atoms with E-state index >= 15 is 0 Å². The van der Waals surface area contributed by atoms with Crippen molar-refractivity contribution < 1.29 is 18.7 Å². The number of aryl methyl sites for hydroxylation is 2. The normalized spacial score (nSPS) is 15.9. The molecule has 1 atom stereocenters. The van der Waals surface area contributed by atoms with Gasteiger partial charge >= 0.3 is 6.09 Å². The molecular weight excluding hydrogens is 487 g/mol. The molecule has 1 fully saturated rings. The number of pyridine rings is 1. The van der Waals surface area contributed by atoms with Crippen molar-refractivity contribution in [2.45, 2.75) is 52.7 Å². The topological polar surface area (TPSA) is 95.0 Å². The van der Waals surface area contributed by atoms with Crippen molar-refractivity contribution >= 4 is 39.9 Å². The van der Waals surface area contributed by atoms with Crippen LogP contribution in [0.5, 0.6) is 0 Å². The molecule has 0 saturated carbocycles. The molecule has 0 radical (unpaired) electrons. The van der Waals surface area contributed by atoms with E-state index in [1.165, 1.54) is 6.07 Å². The number of amides is 2. The number of hydrogen-bond donors (Lipinski definition) is 2. The van der Waals surface area contributed by atoms with Crippen LogP contribution >= 0.6 is 0 Å². The molecule has 0 spiro atoms. The van der Waals surface area contributed by atoms with E-state index in [9.17, 15) is 14.0 Å². The molecule has 0 aliphatic carbocycles. The first-order valence-corrected chi connectivity index (χ1v) is 12.7. The summed E-state index contributed by atoms with van der Waals surface area (Å²) in [7, 11) is 1.77. The molecule has 4 aromatic rings. The van der Waals surface area contributed by atoms with Gasteiger partial charge in [0, 0.05) is 55.4 Å². The molecule has 10 heteroatoms. The SMILES string of the molecule is Cc1cn2cc(NC(=O)c3ccc(N4CC[C@@H](N(C)C(=O)OC(C)(C)C)C4)c4cc(C)[nH]c34)cc(F)c2n1. The Kier molecular flexibility index (Phi) is 6.28. The summed E-state index contributed by atoms with van der Waals surface area (Å²) >= 11 is 0. The molecular formula is C28H33FN6O3. The average molecular weight is 521 g/mol. The van der Waals surface area contributed by atoms with Crippen LogP contribution in [0.4, 0.5) is 20.6 Å². The van der Waals surface area contributed by atoms with Crippen LogP contribution in [0, 0.1) is 19.7 Å². The lowest BCUT2D eigenvalue weighted by Gasteiger charge is -2.29. The van der Waals surface area contributed by atoms with Gasteiger partial charge in [0.25, 0.3) is 5.91 Å². The molecule has 38 heavy (non-hydrogen) atoms. The highest BCUT2D eigenvalue weighted by Gasteiger charge is 2.32. The molecule has 1 aliphatic rings. The molecule has 4 heterocycles. The number of halogens is 1. The molecule has 3 aromatic heterocycles. The summed E-state index contributed by atoms with van der Waals surface area (Å²) in [6.07, 6.45) is 3.83. The van der Waals surface area contributed by atoms with Gasteiger partial charge in [0.2, 0.25) is 0 Å². The van der Waals surface area contributed by atoms with Gasteiger partial charge in [-0.2, -0.15) is 0 Å². The van der Waals surface area contributed by atoms with E-state index in [0.29, 0.717) is 29.0 Å². The molecule has 0 bridgehead atoms. The second kappa shape index (κ2) is 9.34. The Bertz CT molecular complexity index is 1550. The Morgan fingerprint density at radius 2 is 1.97 bits per heavy atom. The minimum atomic E-state index is -0.552. The molecule has 2 amide bonds. The van der Waals surface area contributed by atoms with Crippen molar-refractivity contribution in [3.8, 4) is 0 Å². The number of nitrogens with zero attached hydrogens (tertiary/aromatic N) is 4. The Balaban J connectivity index is 1.38. The van der Waals surface area contributed by atoms with Gasteiger partial charge in [-0.25, -0.2) is 14.2 Å². The number of imidazole rings is 1. The zero-order valence-corrected chi connectivity index (χ0v) is 22.6. The maximum Gasteiger partial charge on any atom is 0.410 e. The van der Waals surface area contributed by atoms with Crippen molar-refractivity contribution in [1.29, 1.82) is 0 Å². The molecule has 1 aromatic carbocycles. The molecule has 5 rings (SSSR count). The summed E-state index contributed by atoms with van der Waals surface area (Å²) in [5, 5.41) is 3.74. The minimum absolute atomic E-state index is 0.0135. The zero-order chi connectivity index (χ0) is 27.4. The first-order chi connectivity index (χ1) is 17.9. The van der Waals surface area contributed by atoms with E-state index in [1.807, 2.05) is 39.8 Å². The van der Waals surface area contributed by atoms with Crippen molar-refractivity contribution in [3.63, 3.8) is 0 Å². The van der Waals surface area contributed by atoms with E-state index in [1.54, 1.807) is 41.7 Å². The van der Waals surface area contributed by atoms with E-state index < -0.39 is 11.4 Å². The summed E-state index contributed by atoms with van der Waals surface area (Å²) in [4.78, 5) is 37.3. The van der Waals surface area contributed by atoms with Crippen LogP contribution in [0.15, 0.2) is 36.7 Å². The number of carbonyl (C=O) groups excluding carboxylic acids is 2. The molecule has 9 nitrogen and oxygen atoms in total. The fourth-order valence-electron chi connectivity index (χ4n) is 5.01. The van der Waals surface area contributed by atoms with E-state index in [0.717, 1.165) is 29.7 Å². The van der Waals surface area contributed by atoms with Crippen LogP contribution in [0.3, 0.4) is 0 Å². The van der Waals surface area contributed by atoms with Crippen LogP contribution in [0.25, 0.3) is 16.6 Å². The lowest BCUT2D eigenvalue weighted by atomic mass is 10.1. The number of likely N-dealkylation sites (N-methyl/N-ethyl adjacent to an activating group) is 1. The first-order valence-electron chi connectivity index (χ1n) is 12.7. The molecule has 2 N–H and O–H groups in total. The average Bonchev–Trinajstić information content (AvgIpc) is 3.54. The third kappa shape index (κ3) is 4.90. The van der Waals surface area contributed by atoms with Crippen molar-refractivity contribution in [2.24, 2.45) is 0 Å². The highest BCUT2D eigenvalue weighted by molar-refractivity contribution is 6.14. The molecule has 200 valence electrons. The predicted molar refractivity (Wildman–Crippen MR) is 145 cm³/mol. The Morgan fingerprint density at radius 1 is 1.21 bits per heavy atom. The monoisotopic (exact) mass is 520 g/mol. The van der Waals surface area contributed by atoms with Gasteiger partial charge < -0.3 is 29.2 Å². The number of carbonyl (C=O) groups is 2. The summed E-state index contributed by atoms with van der Waals surface area (Å²) in [6.45, 7) is 10.7. The van der Waals surface area contributed by atoms with Gasteiger partial charge in [0.1, 0.15) is 5.60 Å². The van der Waals surface area contributed by atoms with Gasteiger partial charge in [-0.3, -0.25) is 4.79 Å². The number of aromatic nitrogens is 3. The molecule has 1 aliphatic heterocycles. The molecule has 0 unspecified atom stereocenters. The minimum Gasteiger partial charge on any atom is -0.444 e. The zero-order valence-electron chi connectivity index (χ0n) is 22.6. The number of hydrogen-bond acceptors (Lipinski definition) is 5. The Morgan fingerprint density at radius 3 is 2.71 bits per heavy atom. The summed E-state index contributed by atoms with van der Waals surface area (Å²) in [6, 6.07) is 7.02. The Labute approximate surface area is 220 Å². The maximum atomic E-state index is 14.5. The van der Waals surface area contributed by atoms with Crippen molar-refractivity contribution in [2.75, 3.05) is 30.4 Å². The van der Waals surface area contributed by atoms with Crippen LogP contribution < -0.4 is 10.2 Å². The Hall–Kier alpha value is -4.08. The van der Waals surface area contributed by atoms with Gasteiger partial charge in [-0.05, 0) is 59.2 Å². The lowest BCUT2D eigenvalue weighted by Crippen LogP contribution is -2.42.